The largest absolute Gasteiger partial charge is 0.379 e. The van der Waals surface area contributed by atoms with Crippen molar-refractivity contribution >= 4 is 37.6 Å². The quantitative estimate of drug-likeness (QED) is 0.440. The zero-order chi connectivity index (χ0) is 21.3. The second-order valence-corrected chi connectivity index (χ2v) is 9.55. The maximum atomic E-state index is 5.44. The first kappa shape index (κ1) is 20.0. The Bertz CT molecular complexity index is 1250. The number of nitrogens with zero attached hydrogens (tertiary/aromatic N) is 4. The number of hydrogen-bond donors (Lipinski definition) is 1. The number of hydrogen-bond acceptors (Lipinski definition) is 7. The Labute approximate surface area is 191 Å². The van der Waals surface area contributed by atoms with E-state index in [0.717, 1.165) is 85.2 Å². The van der Waals surface area contributed by atoms with Crippen LogP contribution in [0.1, 0.15) is 24.0 Å². The number of aryl methyl sites for hydroxylation is 1. The summed E-state index contributed by atoms with van der Waals surface area (Å²) < 4.78 is 6.57. The molecular formula is C25H27N5OS. The number of nitrogens with one attached hydrogen (secondary N) is 1. The standard InChI is InChI=1S/C25H27N5OS/c1-2-6-17(7-3-1)21-19-9-4-8-18(19)20-22-23(32-25(20)29-21)24(28-16-27-22)26-10-5-11-30-12-14-31-15-13-30/h1-3,6-7,16H,4-5,8-15H2,(H,26,27,28). The Morgan fingerprint density at radius 2 is 1.88 bits per heavy atom. The number of morpholine rings is 1. The van der Waals surface area contributed by atoms with E-state index in [-0.39, 0.29) is 0 Å². The van der Waals surface area contributed by atoms with Crippen LogP contribution in [0.3, 0.4) is 0 Å². The van der Waals surface area contributed by atoms with Crippen LogP contribution in [0.2, 0.25) is 0 Å². The molecule has 0 amide bonds. The minimum Gasteiger partial charge on any atom is -0.379 e. The number of rotatable bonds is 6. The highest BCUT2D eigenvalue weighted by atomic mass is 32.1. The SMILES string of the molecule is c1ccc(-c2nc3sc4c(NCCCN5CCOCC5)ncnc4c3c3c2CCC3)cc1. The summed E-state index contributed by atoms with van der Waals surface area (Å²) in [6.45, 7) is 5.77. The van der Waals surface area contributed by atoms with E-state index in [2.05, 4.69) is 45.5 Å². The van der Waals surface area contributed by atoms with E-state index in [1.54, 1.807) is 17.7 Å². The van der Waals surface area contributed by atoms with Crippen molar-refractivity contribution in [3.8, 4) is 11.3 Å². The first-order chi connectivity index (χ1) is 15.9. The molecule has 164 valence electrons. The van der Waals surface area contributed by atoms with Gasteiger partial charge in [0, 0.05) is 30.6 Å². The van der Waals surface area contributed by atoms with Crippen LogP contribution in [0.5, 0.6) is 0 Å². The molecule has 0 spiro atoms. The van der Waals surface area contributed by atoms with Crippen LogP contribution >= 0.6 is 11.3 Å². The lowest BCUT2D eigenvalue weighted by molar-refractivity contribution is 0.0378. The Morgan fingerprint density at radius 3 is 2.75 bits per heavy atom. The van der Waals surface area contributed by atoms with Crippen molar-refractivity contribution in [1.82, 2.24) is 19.9 Å². The van der Waals surface area contributed by atoms with Gasteiger partial charge in [0.1, 0.15) is 17.0 Å². The molecule has 6 nitrogen and oxygen atoms in total. The molecule has 1 fully saturated rings. The summed E-state index contributed by atoms with van der Waals surface area (Å²) in [6, 6.07) is 10.6. The number of ether oxygens (including phenoxy) is 1. The summed E-state index contributed by atoms with van der Waals surface area (Å²) in [5, 5.41) is 4.82. The Balaban J connectivity index is 1.32. The van der Waals surface area contributed by atoms with Gasteiger partial charge in [0.2, 0.25) is 0 Å². The predicted molar refractivity (Wildman–Crippen MR) is 131 cm³/mol. The van der Waals surface area contributed by atoms with Crippen LogP contribution in [0.4, 0.5) is 5.82 Å². The molecule has 0 atom stereocenters. The van der Waals surface area contributed by atoms with E-state index in [9.17, 15) is 0 Å². The van der Waals surface area contributed by atoms with Gasteiger partial charge in [-0.3, -0.25) is 4.90 Å². The van der Waals surface area contributed by atoms with Gasteiger partial charge in [-0.1, -0.05) is 30.3 Å². The molecule has 0 unspecified atom stereocenters. The number of aromatic nitrogens is 3. The summed E-state index contributed by atoms with van der Waals surface area (Å²) >= 11 is 1.72. The summed E-state index contributed by atoms with van der Waals surface area (Å²) in [6.07, 6.45) is 6.17. The number of thiophene rings is 1. The highest BCUT2D eigenvalue weighted by Gasteiger charge is 2.24. The molecule has 1 aromatic carbocycles. The fourth-order valence-corrected chi connectivity index (χ4v) is 6.12. The normalized spacial score (nSPS) is 16.6. The van der Waals surface area contributed by atoms with Gasteiger partial charge in [-0.25, -0.2) is 15.0 Å². The van der Waals surface area contributed by atoms with Crippen molar-refractivity contribution in [2.45, 2.75) is 25.7 Å². The van der Waals surface area contributed by atoms with Gasteiger partial charge < -0.3 is 10.1 Å². The van der Waals surface area contributed by atoms with E-state index < -0.39 is 0 Å². The second-order valence-electron chi connectivity index (χ2n) is 8.55. The summed E-state index contributed by atoms with van der Waals surface area (Å²) in [7, 11) is 0. The summed E-state index contributed by atoms with van der Waals surface area (Å²) in [4.78, 5) is 18.0. The fourth-order valence-electron chi connectivity index (χ4n) is 4.99. The Hall–Kier alpha value is -2.61. The number of anilines is 1. The van der Waals surface area contributed by atoms with Crippen LogP contribution in [0.25, 0.3) is 31.7 Å². The van der Waals surface area contributed by atoms with E-state index in [1.165, 1.54) is 28.5 Å². The lowest BCUT2D eigenvalue weighted by Crippen LogP contribution is -2.37. The third-order valence-corrected chi connectivity index (χ3v) is 7.65. The van der Waals surface area contributed by atoms with Gasteiger partial charge in [-0.2, -0.15) is 0 Å². The third kappa shape index (κ3) is 3.64. The highest BCUT2D eigenvalue weighted by Crippen LogP contribution is 2.43. The van der Waals surface area contributed by atoms with Crippen molar-refractivity contribution in [2.24, 2.45) is 0 Å². The van der Waals surface area contributed by atoms with Crippen molar-refractivity contribution in [1.29, 1.82) is 0 Å². The van der Waals surface area contributed by atoms with Crippen molar-refractivity contribution < 1.29 is 4.74 Å². The second kappa shape index (κ2) is 8.73. The van der Waals surface area contributed by atoms with E-state index in [0.29, 0.717) is 0 Å². The van der Waals surface area contributed by atoms with Gasteiger partial charge in [0.05, 0.1) is 29.1 Å². The molecule has 32 heavy (non-hydrogen) atoms. The molecule has 7 heteroatoms. The maximum Gasteiger partial charge on any atom is 0.147 e. The molecule has 1 aliphatic carbocycles. The molecule has 4 aromatic rings. The zero-order valence-corrected chi connectivity index (χ0v) is 19.0. The maximum absolute atomic E-state index is 5.44. The minimum absolute atomic E-state index is 0.851. The van der Waals surface area contributed by atoms with Crippen LogP contribution in [-0.4, -0.2) is 59.2 Å². The van der Waals surface area contributed by atoms with Gasteiger partial charge >= 0.3 is 0 Å². The minimum atomic E-state index is 0.851. The van der Waals surface area contributed by atoms with Crippen molar-refractivity contribution in [3.05, 3.63) is 47.8 Å². The van der Waals surface area contributed by atoms with Gasteiger partial charge in [-0.15, -0.1) is 11.3 Å². The molecule has 1 aliphatic heterocycles. The highest BCUT2D eigenvalue weighted by molar-refractivity contribution is 7.26. The lowest BCUT2D eigenvalue weighted by atomic mass is 10.0. The van der Waals surface area contributed by atoms with Crippen molar-refractivity contribution in [3.63, 3.8) is 0 Å². The van der Waals surface area contributed by atoms with Crippen LogP contribution in [0.15, 0.2) is 36.7 Å². The topological polar surface area (TPSA) is 63.2 Å². The van der Waals surface area contributed by atoms with Crippen LogP contribution in [-0.2, 0) is 17.6 Å². The Kier molecular flexibility index (Phi) is 5.46. The molecule has 1 saturated heterocycles. The molecule has 0 radical (unpaired) electrons. The number of benzene rings is 1. The molecule has 6 rings (SSSR count). The molecular weight excluding hydrogens is 418 g/mol. The van der Waals surface area contributed by atoms with Gasteiger partial charge in [0.25, 0.3) is 0 Å². The van der Waals surface area contributed by atoms with E-state index in [4.69, 9.17) is 14.7 Å². The van der Waals surface area contributed by atoms with Gasteiger partial charge in [0.15, 0.2) is 0 Å². The summed E-state index contributed by atoms with van der Waals surface area (Å²) in [5.74, 6) is 0.938. The predicted octanol–water partition coefficient (Wildman–Crippen LogP) is 4.53. The zero-order valence-electron chi connectivity index (χ0n) is 18.1. The molecule has 0 bridgehead atoms. The van der Waals surface area contributed by atoms with Crippen molar-refractivity contribution in [2.75, 3.05) is 44.7 Å². The molecule has 2 aliphatic rings. The lowest BCUT2D eigenvalue weighted by Gasteiger charge is -2.26. The molecule has 1 N–H and O–H groups in total. The monoisotopic (exact) mass is 445 g/mol. The van der Waals surface area contributed by atoms with E-state index in [1.807, 2.05) is 0 Å². The Morgan fingerprint density at radius 1 is 1.03 bits per heavy atom. The molecule has 4 heterocycles. The van der Waals surface area contributed by atoms with Crippen LogP contribution < -0.4 is 5.32 Å². The first-order valence-electron chi connectivity index (χ1n) is 11.6. The third-order valence-electron chi connectivity index (χ3n) is 6.57. The number of fused-ring (bicyclic) bond motifs is 5. The number of pyridine rings is 1. The molecule has 0 saturated carbocycles. The first-order valence-corrected chi connectivity index (χ1v) is 12.4. The van der Waals surface area contributed by atoms with E-state index >= 15 is 0 Å². The average Bonchev–Trinajstić information content (AvgIpc) is 3.47. The van der Waals surface area contributed by atoms with Gasteiger partial charge in [-0.05, 0) is 43.4 Å². The summed E-state index contributed by atoms with van der Waals surface area (Å²) in [5.41, 5.74) is 6.25. The molecule has 3 aromatic heterocycles. The van der Waals surface area contributed by atoms with Crippen LogP contribution in [0, 0.1) is 0 Å². The average molecular weight is 446 g/mol. The fraction of sp³-hybridized carbons (Fsp3) is 0.400. The smallest absolute Gasteiger partial charge is 0.147 e.